The van der Waals surface area contributed by atoms with Crippen LogP contribution < -0.4 is 5.32 Å². The molecule has 0 bridgehead atoms. The Hall–Kier alpha value is -1.40. The minimum atomic E-state index is -0.215. The second kappa shape index (κ2) is 5.30. The van der Waals surface area contributed by atoms with Crippen molar-refractivity contribution in [3.8, 4) is 0 Å². The molecule has 0 saturated carbocycles. The standard InChI is InChI=1S/C13H18N2O4/c1-17-11-7-18-6-10(11)14-13(16)12-8-4-2-3-5-9(8)15-19-12/h10-11H,2-7H2,1H3,(H,14,16)/t10-,11-/m0/s1. The molecular weight excluding hydrogens is 248 g/mol. The maximum absolute atomic E-state index is 12.2. The maximum Gasteiger partial charge on any atom is 0.290 e. The molecule has 104 valence electrons. The molecule has 6 heteroatoms. The average molecular weight is 266 g/mol. The Labute approximate surface area is 111 Å². The summed E-state index contributed by atoms with van der Waals surface area (Å²) in [6.45, 7) is 0.983. The highest BCUT2D eigenvalue weighted by Crippen LogP contribution is 2.24. The minimum Gasteiger partial charge on any atom is -0.377 e. The van der Waals surface area contributed by atoms with Crippen molar-refractivity contribution in [2.24, 2.45) is 0 Å². The smallest absolute Gasteiger partial charge is 0.290 e. The fourth-order valence-corrected chi connectivity index (χ4v) is 2.70. The molecule has 2 aliphatic rings. The number of aryl methyl sites for hydroxylation is 1. The Morgan fingerprint density at radius 1 is 1.37 bits per heavy atom. The van der Waals surface area contributed by atoms with Gasteiger partial charge in [0.25, 0.3) is 5.91 Å². The van der Waals surface area contributed by atoms with E-state index in [2.05, 4.69) is 10.5 Å². The van der Waals surface area contributed by atoms with Crippen molar-refractivity contribution in [3.63, 3.8) is 0 Å². The molecule has 3 rings (SSSR count). The summed E-state index contributed by atoms with van der Waals surface area (Å²) in [4.78, 5) is 12.2. The van der Waals surface area contributed by atoms with Crippen LogP contribution in [-0.2, 0) is 22.3 Å². The molecule has 2 heterocycles. The molecule has 1 amide bonds. The molecule has 1 fully saturated rings. The summed E-state index contributed by atoms with van der Waals surface area (Å²) in [5.41, 5.74) is 1.90. The second-order valence-corrected chi connectivity index (χ2v) is 5.04. The van der Waals surface area contributed by atoms with E-state index in [-0.39, 0.29) is 18.1 Å². The van der Waals surface area contributed by atoms with Gasteiger partial charge in [-0.05, 0) is 25.7 Å². The van der Waals surface area contributed by atoms with Gasteiger partial charge in [0.1, 0.15) is 6.10 Å². The van der Waals surface area contributed by atoms with Crippen LogP contribution in [-0.4, -0.2) is 43.5 Å². The summed E-state index contributed by atoms with van der Waals surface area (Å²) in [6.07, 6.45) is 3.88. The Morgan fingerprint density at radius 3 is 3.05 bits per heavy atom. The van der Waals surface area contributed by atoms with E-state index < -0.39 is 0 Å². The number of carbonyl (C=O) groups excluding carboxylic acids is 1. The van der Waals surface area contributed by atoms with E-state index in [4.69, 9.17) is 14.0 Å². The number of nitrogens with zero attached hydrogens (tertiary/aromatic N) is 1. The largest absolute Gasteiger partial charge is 0.377 e. The van der Waals surface area contributed by atoms with Crippen molar-refractivity contribution in [1.29, 1.82) is 0 Å². The summed E-state index contributed by atoms with van der Waals surface area (Å²) in [5, 5.41) is 6.90. The first-order valence-corrected chi connectivity index (χ1v) is 6.68. The lowest BCUT2D eigenvalue weighted by atomic mass is 9.96. The Balaban J connectivity index is 1.72. The van der Waals surface area contributed by atoms with Crippen molar-refractivity contribution >= 4 is 5.91 Å². The van der Waals surface area contributed by atoms with Crippen LogP contribution in [0, 0.1) is 0 Å². The zero-order valence-electron chi connectivity index (χ0n) is 11.0. The molecule has 1 aromatic rings. The normalized spacial score (nSPS) is 26.2. The number of hydrogen-bond acceptors (Lipinski definition) is 5. The first-order chi connectivity index (χ1) is 9.29. The number of aromatic nitrogens is 1. The summed E-state index contributed by atoms with van der Waals surface area (Å²) in [6, 6.07) is -0.123. The third kappa shape index (κ3) is 2.37. The Morgan fingerprint density at radius 2 is 2.21 bits per heavy atom. The van der Waals surface area contributed by atoms with Crippen LogP contribution in [0.1, 0.15) is 34.7 Å². The van der Waals surface area contributed by atoms with Crippen molar-refractivity contribution in [1.82, 2.24) is 10.5 Å². The maximum atomic E-state index is 12.2. The number of carbonyl (C=O) groups is 1. The monoisotopic (exact) mass is 266 g/mol. The van der Waals surface area contributed by atoms with Crippen LogP contribution in [0.2, 0.25) is 0 Å². The molecular formula is C13H18N2O4. The number of fused-ring (bicyclic) bond motifs is 1. The molecule has 1 N–H and O–H groups in total. The van der Waals surface area contributed by atoms with E-state index in [0.29, 0.717) is 19.0 Å². The molecule has 0 unspecified atom stereocenters. The lowest BCUT2D eigenvalue weighted by Crippen LogP contribution is -2.43. The number of nitrogens with one attached hydrogen (secondary N) is 1. The molecule has 0 aromatic carbocycles. The van der Waals surface area contributed by atoms with Crippen LogP contribution in [0.3, 0.4) is 0 Å². The SMILES string of the molecule is CO[C@H]1COC[C@@H]1NC(=O)c1onc2c1CCCC2. The number of hydrogen-bond donors (Lipinski definition) is 1. The molecule has 0 spiro atoms. The molecule has 6 nitrogen and oxygen atoms in total. The predicted octanol–water partition coefficient (Wildman–Crippen LogP) is 0.697. The molecule has 0 radical (unpaired) electrons. The third-order valence-electron chi connectivity index (χ3n) is 3.81. The molecule has 1 aliphatic carbocycles. The number of methoxy groups -OCH3 is 1. The second-order valence-electron chi connectivity index (χ2n) is 5.04. The number of rotatable bonds is 3. The van der Waals surface area contributed by atoms with Gasteiger partial charge in [0.05, 0.1) is 24.9 Å². The molecule has 1 saturated heterocycles. The van der Waals surface area contributed by atoms with Gasteiger partial charge in [-0.3, -0.25) is 4.79 Å². The van der Waals surface area contributed by atoms with Gasteiger partial charge in [0, 0.05) is 12.7 Å². The van der Waals surface area contributed by atoms with E-state index in [1.807, 2.05) is 0 Å². The van der Waals surface area contributed by atoms with Crippen molar-refractivity contribution in [3.05, 3.63) is 17.0 Å². The molecule has 2 atom stereocenters. The fourth-order valence-electron chi connectivity index (χ4n) is 2.70. The molecule has 19 heavy (non-hydrogen) atoms. The van der Waals surface area contributed by atoms with Crippen molar-refractivity contribution < 1.29 is 18.8 Å². The van der Waals surface area contributed by atoms with Gasteiger partial charge in [-0.25, -0.2) is 0 Å². The zero-order chi connectivity index (χ0) is 13.2. The highest BCUT2D eigenvalue weighted by molar-refractivity contribution is 5.93. The topological polar surface area (TPSA) is 73.6 Å². The number of amides is 1. The number of ether oxygens (including phenoxy) is 2. The van der Waals surface area contributed by atoms with Crippen LogP contribution in [0.25, 0.3) is 0 Å². The van der Waals surface area contributed by atoms with E-state index in [1.165, 1.54) is 0 Å². The summed E-state index contributed by atoms with van der Waals surface area (Å²) >= 11 is 0. The Bertz CT molecular complexity index is 471. The van der Waals surface area contributed by atoms with Crippen LogP contribution in [0.5, 0.6) is 0 Å². The van der Waals surface area contributed by atoms with Gasteiger partial charge in [0.15, 0.2) is 0 Å². The predicted molar refractivity (Wildman–Crippen MR) is 66.0 cm³/mol. The minimum absolute atomic E-state index is 0.0947. The highest BCUT2D eigenvalue weighted by atomic mass is 16.5. The summed E-state index contributed by atoms with van der Waals surface area (Å²) in [5.74, 6) is 0.143. The van der Waals surface area contributed by atoms with Gasteiger partial charge in [-0.15, -0.1) is 0 Å². The summed E-state index contributed by atoms with van der Waals surface area (Å²) < 4.78 is 15.8. The fraction of sp³-hybridized carbons (Fsp3) is 0.692. The van der Waals surface area contributed by atoms with Gasteiger partial charge in [0.2, 0.25) is 5.76 Å². The lowest BCUT2D eigenvalue weighted by Gasteiger charge is -2.17. The van der Waals surface area contributed by atoms with E-state index in [1.54, 1.807) is 7.11 Å². The Kier molecular flexibility index (Phi) is 3.52. The van der Waals surface area contributed by atoms with Crippen LogP contribution in [0.4, 0.5) is 0 Å². The summed E-state index contributed by atoms with van der Waals surface area (Å²) in [7, 11) is 1.62. The van der Waals surface area contributed by atoms with Gasteiger partial charge in [-0.1, -0.05) is 5.16 Å². The van der Waals surface area contributed by atoms with Crippen LogP contribution in [0.15, 0.2) is 4.52 Å². The van der Waals surface area contributed by atoms with Gasteiger partial charge >= 0.3 is 0 Å². The first-order valence-electron chi connectivity index (χ1n) is 6.68. The third-order valence-corrected chi connectivity index (χ3v) is 3.81. The van der Waals surface area contributed by atoms with E-state index in [9.17, 15) is 4.79 Å². The highest BCUT2D eigenvalue weighted by Gasteiger charge is 2.32. The molecule has 1 aromatic heterocycles. The average Bonchev–Trinajstić information content (AvgIpc) is 3.04. The van der Waals surface area contributed by atoms with Crippen molar-refractivity contribution in [2.75, 3.05) is 20.3 Å². The first kappa shape index (κ1) is 12.6. The zero-order valence-corrected chi connectivity index (χ0v) is 11.0. The van der Waals surface area contributed by atoms with E-state index >= 15 is 0 Å². The lowest BCUT2D eigenvalue weighted by molar-refractivity contribution is 0.0673. The van der Waals surface area contributed by atoms with Gasteiger partial charge < -0.3 is 19.3 Å². The van der Waals surface area contributed by atoms with Crippen LogP contribution >= 0.6 is 0 Å². The van der Waals surface area contributed by atoms with Gasteiger partial charge in [-0.2, -0.15) is 0 Å². The molecule has 1 aliphatic heterocycles. The van der Waals surface area contributed by atoms with Crippen molar-refractivity contribution in [2.45, 2.75) is 37.8 Å². The quantitative estimate of drug-likeness (QED) is 0.871. The van der Waals surface area contributed by atoms with E-state index in [0.717, 1.165) is 36.9 Å².